The Labute approximate surface area is 52.4 Å². The Morgan fingerprint density at radius 2 is 2.00 bits per heavy atom. The van der Waals surface area contributed by atoms with E-state index >= 15 is 0 Å². The van der Waals surface area contributed by atoms with Crippen molar-refractivity contribution in [3.63, 3.8) is 0 Å². The van der Waals surface area contributed by atoms with Crippen LogP contribution in [-0.2, 0) is 4.89 Å². The summed E-state index contributed by atoms with van der Waals surface area (Å²) < 4.78 is 0. The molecule has 1 aromatic rings. The maximum Gasteiger partial charge on any atom is 0.353 e. The molecule has 0 spiro atoms. The lowest BCUT2D eigenvalue weighted by molar-refractivity contribution is -0.185. The van der Waals surface area contributed by atoms with E-state index in [1.54, 1.807) is 18.5 Å². The standard InChI is InChI=1S/C5H6N2O2/c1-8-9-5-6-3-2-4-7-5/h2-4H,1H3. The van der Waals surface area contributed by atoms with E-state index in [0.717, 1.165) is 0 Å². The lowest BCUT2D eigenvalue weighted by Crippen LogP contribution is -1.94. The first-order chi connectivity index (χ1) is 4.43. The molecule has 0 amide bonds. The summed E-state index contributed by atoms with van der Waals surface area (Å²) in [5.41, 5.74) is 0. The van der Waals surface area contributed by atoms with Gasteiger partial charge >= 0.3 is 6.01 Å². The van der Waals surface area contributed by atoms with Gasteiger partial charge in [0.25, 0.3) is 0 Å². The molecule has 1 aromatic heterocycles. The van der Waals surface area contributed by atoms with Gasteiger partial charge < -0.3 is 0 Å². The van der Waals surface area contributed by atoms with Crippen molar-refractivity contribution in [2.24, 2.45) is 0 Å². The molecule has 1 rings (SSSR count). The van der Waals surface area contributed by atoms with Gasteiger partial charge in [0, 0.05) is 12.4 Å². The number of hydrogen-bond donors (Lipinski definition) is 0. The van der Waals surface area contributed by atoms with Crippen LogP contribution in [-0.4, -0.2) is 17.1 Å². The molecule has 0 atom stereocenters. The van der Waals surface area contributed by atoms with Gasteiger partial charge in [-0.1, -0.05) is 0 Å². The minimum Gasteiger partial charge on any atom is -0.295 e. The van der Waals surface area contributed by atoms with Crippen molar-refractivity contribution in [2.45, 2.75) is 0 Å². The highest BCUT2D eigenvalue weighted by atomic mass is 17.2. The van der Waals surface area contributed by atoms with Crippen molar-refractivity contribution >= 4 is 0 Å². The lowest BCUT2D eigenvalue weighted by atomic mass is 10.7. The molecule has 1 heterocycles. The van der Waals surface area contributed by atoms with Gasteiger partial charge in [0.2, 0.25) is 0 Å². The van der Waals surface area contributed by atoms with Crippen molar-refractivity contribution in [3.05, 3.63) is 18.5 Å². The van der Waals surface area contributed by atoms with Crippen LogP contribution in [0, 0.1) is 0 Å². The zero-order valence-electron chi connectivity index (χ0n) is 4.94. The molecule has 0 bridgehead atoms. The van der Waals surface area contributed by atoms with Gasteiger partial charge in [0.05, 0.1) is 7.11 Å². The highest BCUT2D eigenvalue weighted by Crippen LogP contribution is 1.95. The molecule has 0 saturated heterocycles. The Morgan fingerprint density at radius 1 is 1.33 bits per heavy atom. The highest BCUT2D eigenvalue weighted by molar-refractivity contribution is 4.91. The van der Waals surface area contributed by atoms with Crippen LogP contribution < -0.4 is 4.89 Å². The van der Waals surface area contributed by atoms with Gasteiger partial charge in [0.1, 0.15) is 0 Å². The van der Waals surface area contributed by atoms with Crippen LogP contribution in [0.15, 0.2) is 18.5 Å². The normalized spacial score (nSPS) is 9.00. The monoisotopic (exact) mass is 126 g/mol. The van der Waals surface area contributed by atoms with E-state index in [4.69, 9.17) is 0 Å². The van der Waals surface area contributed by atoms with Gasteiger partial charge in [-0.15, -0.1) is 0 Å². The first-order valence-corrected chi connectivity index (χ1v) is 2.41. The molecule has 0 N–H and O–H groups in total. The van der Waals surface area contributed by atoms with E-state index in [1.165, 1.54) is 7.11 Å². The molecule has 0 aliphatic carbocycles. The topological polar surface area (TPSA) is 44.2 Å². The Balaban J connectivity index is 2.61. The van der Waals surface area contributed by atoms with Crippen molar-refractivity contribution < 1.29 is 9.78 Å². The maximum absolute atomic E-state index is 4.48. The first-order valence-electron chi connectivity index (χ1n) is 2.41. The van der Waals surface area contributed by atoms with Gasteiger partial charge in [-0.05, 0) is 6.07 Å². The number of hydrogen-bond acceptors (Lipinski definition) is 4. The fourth-order valence-corrected chi connectivity index (χ4v) is 0.403. The van der Waals surface area contributed by atoms with E-state index in [2.05, 4.69) is 19.7 Å². The average molecular weight is 126 g/mol. The molecule has 0 unspecified atom stereocenters. The third kappa shape index (κ3) is 1.65. The minimum atomic E-state index is 0.222. The lowest BCUT2D eigenvalue weighted by Gasteiger charge is -1.93. The summed E-state index contributed by atoms with van der Waals surface area (Å²) in [6.07, 6.45) is 3.14. The summed E-state index contributed by atoms with van der Waals surface area (Å²) >= 11 is 0. The Hall–Kier alpha value is -1.16. The van der Waals surface area contributed by atoms with Gasteiger partial charge in [-0.2, -0.15) is 4.89 Å². The van der Waals surface area contributed by atoms with Crippen LogP contribution in [0.4, 0.5) is 0 Å². The molecule has 0 aliphatic rings. The Bertz CT molecular complexity index is 166. The van der Waals surface area contributed by atoms with Crippen LogP contribution in [0.5, 0.6) is 6.01 Å². The zero-order valence-corrected chi connectivity index (χ0v) is 4.94. The van der Waals surface area contributed by atoms with Crippen LogP contribution in [0.3, 0.4) is 0 Å². The maximum atomic E-state index is 4.48. The number of aromatic nitrogens is 2. The quantitative estimate of drug-likeness (QED) is 0.425. The summed E-state index contributed by atoms with van der Waals surface area (Å²) in [7, 11) is 1.40. The molecule has 0 saturated carbocycles. The molecule has 0 aliphatic heterocycles. The molecule has 4 nitrogen and oxygen atoms in total. The van der Waals surface area contributed by atoms with Crippen molar-refractivity contribution in [3.8, 4) is 6.01 Å². The largest absolute Gasteiger partial charge is 0.353 e. The summed E-state index contributed by atoms with van der Waals surface area (Å²) in [5, 5.41) is 0. The smallest absolute Gasteiger partial charge is 0.295 e. The number of rotatable bonds is 2. The van der Waals surface area contributed by atoms with Crippen LogP contribution in [0.2, 0.25) is 0 Å². The molecule has 0 fully saturated rings. The van der Waals surface area contributed by atoms with E-state index < -0.39 is 0 Å². The fourth-order valence-electron chi connectivity index (χ4n) is 0.403. The van der Waals surface area contributed by atoms with Crippen LogP contribution >= 0.6 is 0 Å². The van der Waals surface area contributed by atoms with Gasteiger partial charge in [-0.3, -0.25) is 4.89 Å². The Kier molecular flexibility index (Phi) is 1.98. The van der Waals surface area contributed by atoms with E-state index in [0.29, 0.717) is 0 Å². The second kappa shape index (κ2) is 2.99. The van der Waals surface area contributed by atoms with Gasteiger partial charge in [0.15, 0.2) is 0 Å². The van der Waals surface area contributed by atoms with E-state index in [-0.39, 0.29) is 6.01 Å². The fraction of sp³-hybridized carbons (Fsp3) is 0.200. The minimum absolute atomic E-state index is 0.222. The molecule has 9 heavy (non-hydrogen) atoms. The van der Waals surface area contributed by atoms with Crippen LogP contribution in [0.1, 0.15) is 0 Å². The van der Waals surface area contributed by atoms with E-state index in [1.807, 2.05) is 0 Å². The second-order valence-corrected chi connectivity index (χ2v) is 1.28. The molecular formula is C5H6N2O2. The van der Waals surface area contributed by atoms with Crippen molar-refractivity contribution in [1.82, 2.24) is 9.97 Å². The van der Waals surface area contributed by atoms with Gasteiger partial charge in [-0.25, -0.2) is 9.97 Å². The molecule has 4 heteroatoms. The highest BCUT2D eigenvalue weighted by Gasteiger charge is 1.89. The van der Waals surface area contributed by atoms with Crippen LogP contribution in [0.25, 0.3) is 0 Å². The molecule has 0 radical (unpaired) electrons. The molecule has 48 valence electrons. The van der Waals surface area contributed by atoms with Crippen molar-refractivity contribution in [1.29, 1.82) is 0 Å². The Morgan fingerprint density at radius 3 is 2.56 bits per heavy atom. The van der Waals surface area contributed by atoms with Crippen molar-refractivity contribution in [2.75, 3.05) is 7.11 Å². The summed E-state index contributed by atoms with van der Waals surface area (Å²) in [6, 6.07) is 1.92. The first kappa shape index (κ1) is 5.97. The average Bonchev–Trinajstić information content (AvgIpc) is 1.91. The third-order valence-electron chi connectivity index (χ3n) is 0.700. The summed E-state index contributed by atoms with van der Waals surface area (Å²) in [4.78, 5) is 16.2. The molecular weight excluding hydrogens is 120 g/mol. The summed E-state index contributed by atoms with van der Waals surface area (Å²) in [5.74, 6) is 0. The number of nitrogens with zero attached hydrogens (tertiary/aromatic N) is 2. The predicted molar refractivity (Wildman–Crippen MR) is 29.7 cm³/mol. The molecule has 0 aromatic carbocycles. The SMILES string of the molecule is COOc1ncccn1. The zero-order chi connectivity index (χ0) is 6.53. The summed E-state index contributed by atoms with van der Waals surface area (Å²) in [6.45, 7) is 0. The predicted octanol–water partition coefficient (Wildman–Crippen LogP) is 0.417. The van der Waals surface area contributed by atoms with E-state index in [9.17, 15) is 0 Å². The third-order valence-corrected chi connectivity index (χ3v) is 0.700. The second-order valence-electron chi connectivity index (χ2n) is 1.28.